The summed E-state index contributed by atoms with van der Waals surface area (Å²) in [6, 6.07) is 10.3. The molecule has 104 valence electrons. The van der Waals surface area contributed by atoms with Gasteiger partial charge in [0.15, 0.2) is 0 Å². The van der Waals surface area contributed by atoms with Crippen molar-refractivity contribution < 1.29 is 13.2 Å². The van der Waals surface area contributed by atoms with Crippen LogP contribution in [-0.2, 0) is 0 Å². The Hall–Kier alpha value is -1.97. The van der Waals surface area contributed by atoms with Crippen LogP contribution in [0.25, 0.3) is 0 Å². The van der Waals surface area contributed by atoms with Crippen LogP contribution >= 0.6 is 0 Å². The van der Waals surface area contributed by atoms with Crippen LogP contribution in [0, 0.1) is 17.5 Å². The zero-order valence-electron chi connectivity index (χ0n) is 10.7. The average molecular weight is 277 g/mol. The molecule has 1 N–H and O–H groups in total. The predicted octanol–water partition coefficient (Wildman–Crippen LogP) is 4.46. The van der Waals surface area contributed by atoms with Crippen molar-refractivity contribution in [2.75, 3.05) is 5.32 Å². The van der Waals surface area contributed by atoms with Crippen molar-refractivity contribution >= 4 is 5.69 Å². The van der Waals surface area contributed by atoms with Crippen LogP contribution in [0.4, 0.5) is 18.9 Å². The average Bonchev–Trinajstić information content (AvgIpc) is 2.37. The van der Waals surface area contributed by atoms with Gasteiger partial charge < -0.3 is 5.32 Å². The lowest BCUT2D eigenvalue weighted by Crippen LogP contribution is -2.34. The summed E-state index contributed by atoms with van der Waals surface area (Å²) in [5, 5.41) is 3.03. The Morgan fingerprint density at radius 3 is 2.35 bits per heavy atom. The fourth-order valence-electron chi connectivity index (χ4n) is 2.62. The molecule has 0 heterocycles. The van der Waals surface area contributed by atoms with Crippen molar-refractivity contribution in [3.8, 4) is 0 Å². The van der Waals surface area contributed by atoms with Crippen LogP contribution in [0.1, 0.15) is 24.3 Å². The summed E-state index contributed by atoms with van der Waals surface area (Å²) in [6.45, 7) is 0. The number of halogens is 3. The molecule has 0 aromatic heterocycles. The second-order valence-corrected chi connectivity index (χ2v) is 5.16. The Morgan fingerprint density at radius 2 is 1.65 bits per heavy atom. The third-order valence-corrected chi connectivity index (χ3v) is 3.77. The maximum Gasteiger partial charge on any atom is 0.149 e. The van der Waals surface area contributed by atoms with Crippen LogP contribution in [0.3, 0.4) is 0 Å². The Labute approximate surface area is 115 Å². The number of hydrogen-bond acceptors (Lipinski definition) is 1. The summed E-state index contributed by atoms with van der Waals surface area (Å²) in [4.78, 5) is 0. The van der Waals surface area contributed by atoms with E-state index in [1.54, 1.807) is 12.1 Å². The van der Waals surface area contributed by atoms with E-state index in [-0.39, 0.29) is 17.8 Å². The molecule has 1 aliphatic rings. The monoisotopic (exact) mass is 277 g/mol. The molecule has 20 heavy (non-hydrogen) atoms. The van der Waals surface area contributed by atoms with Crippen molar-refractivity contribution in [1.82, 2.24) is 0 Å². The molecule has 4 heteroatoms. The van der Waals surface area contributed by atoms with Crippen molar-refractivity contribution in [3.63, 3.8) is 0 Å². The van der Waals surface area contributed by atoms with Gasteiger partial charge in [-0.1, -0.05) is 18.2 Å². The number of benzene rings is 2. The highest BCUT2D eigenvalue weighted by molar-refractivity contribution is 5.46. The number of hydrogen-bond donors (Lipinski definition) is 1. The van der Waals surface area contributed by atoms with Gasteiger partial charge >= 0.3 is 0 Å². The summed E-state index contributed by atoms with van der Waals surface area (Å²) in [7, 11) is 0. The third-order valence-electron chi connectivity index (χ3n) is 3.77. The molecule has 1 fully saturated rings. The Morgan fingerprint density at radius 1 is 0.900 bits per heavy atom. The normalized spacial score (nSPS) is 21.4. The van der Waals surface area contributed by atoms with Crippen LogP contribution in [0.2, 0.25) is 0 Å². The molecule has 1 aliphatic carbocycles. The van der Waals surface area contributed by atoms with Crippen molar-refractivity contribution in [1.29, 1.82) is 0 Å². The fraction of sp³-hybridized carbons (Fsp3) is 0.250. The molecular formula is C16H14F3N. The number of nitrogens with one attached hydrogen (secondary N) is 1. The van der Waals surface area contributed by atoms with Gasteiger partial charge in [-0.15, -0.1) is 0 Å². The smallest absolute Gasteiger partial charge is 0.149 e. The molecule has 0 radical (unpaired) electrons. The van der Waals surface area contributed by atoms with Gasteiger partial charge in [-0.2, -0.15) is 0 Å². The van der Waals surface area contributed by atoms with Gasteiger partial charge in [0.1, 0.15) is 17.5 Å². The highest BCUT2D eigenvalue weighted by Gasteiger charge is 2.32. The van der Waals surface area contributed by atoms with E-state index in [0.717, 1.165) is 18.9 Å². The van der Waals surface area contributed by atoms with Crippen LogP contribution in [0.15, 0.2) is 42.5 Å². The van der Waals surface area contributed by atoms with Gasteiger partial charge in [0.2, 0.25) is 0 Å². The minimum atomic E-state index is -0.598. The van der Waals surface area contributed by atoms with Gasteiger partial charge in [-0.05, 0) is 42.5 Å². The quantitative estimate of drug-likeness (QED) is 0.873. The predicted molar refractivity (Wildman–Crippen MR) is 72.1 cm³/mol. The Bertz CT molecular complexity index is 621. The van der Waals surface area contributed by atoms with Gasteiger partial charge in [0.05, 0.1) is 5.69 Å². The molecule has 0 spiro atoms. The first-order valence-corrected chi connectivity index (χ1v) is 6.59. The number of rotatable bonds is 3. The maximum atomic E-state index is 13.6. The molecule has 0 unspecified atom stereocenters. The summed E-state index contributed by atoms with van der Waals surface area (Å²) >= 11 is 0. The van der Waals surface area contributed by atoms with E-state index in [1.807, 2.05) is 6.07 Å². The van der Waals surface area contributed by atoms with E-state index in [4.69, 9.17) is 0 Å². The molecule has 0 bridgehead atoms. The largest absolute Gasteiger partial charge is 0.380 e. The highest BCUT2D eigenvalue weighted by atomic mass is 19.1. The minimum Gasteiger partial charge on any atom is -0.380 e. The maximum absolute atomic E-state index is 13.6. The first-order valence-electron chi connectivity index (χ1n) is 6.59. The molecule has 2 aromatic carbocycles. The van der Waals surface area contributed by atoms with Crippen LogP contribution in [-0.4, -0.2) is 6.04 Å². The zero-order valence-corrected chi connectivity index (χ0v) is 10.7. The molecule has 0 aliphatic heterocycles. The summed E-state index contributed by atoms with van der Waals surface area (Å²) in [5.41, 5.74) is 1.01. The molecule has 0 amide bonds. The molecule has 1 nitrogen and oxygen atoms in total. The lowest BCUT2D eigenvalue weighted by Gasteiger charge is -2.37. The highest BCUT2D eigenvalue weighted by Crippen LogP contribution is 2.39. The van der Waals surface area contributed by atoms with Crippen molar-refractivity contribution in [3.05, 3.63) is 65.5 Å². The van der Waals surface area contributed by atoms with E-state index >= 15 is 0 Å². The Balaban J connectivity index is 1.62. The van der Waals surface area contributed by atoms with Gasteiger partial charge in [-0.3, -0.25) is 0 Å². The zero-order chi connectivity index (χ0) is 14.1. The van der Waals surface area contributed by atoms with Crippen molar-refractivity contribution in [2.45, 2.75) is 24.8 Å². The first-order chi connectivity index (χ1) is 9.63. The molecule has 2 aromatic rings. The lowest BCUT2D eigenvalue weighted by molar-refractivity contribution is 0.362. The molecule has 0 atom stereocenters. The molecule has 3 rings (SSSR count). The topological polar surface area (TPSA) is 12.0 Å². The third kappa shape index (κ3) is 2.50. The standard InChI is InChI=1S/C16H14F3N/c17-11-5-6-16(15(19)9-11)20-12-7-10(8-12)13-3-1-2-4-14(13)18/h1-6,9-10,12,20H,7-8H2. The van der Waals surface area contributed by atoms with E-state index in [2.05, 4.69) is 5.32 Å². The molecular weight excluding hydrogens is 263 g/mol. The van der Waals surface area contributed by atoms with Gasteiger partial charge in [-0.25, -0.2) is 13.2 Å². The SMILES string of the molecule is Fc1ccc(NC2CC(c3ccccc3F)C2)c(F)c1. The van der Waals surface area contributed by atoms with Crippen LogP contribution in [0.5, 0.6) is 0 Å². The second kappa shape index (κ2) is 5.19. The van der Waals surface area contributed by atoms with Crippen molar-refractivity contribution in [2.24, 2.45) is 0 Å². The van der Waals surface area contributed by atoms with E-state index in [0.29, 0.717) is 11.3 Å². The summed E-state index contributed by atoms with van der Waals surface area (Å²) in [5.74, 6) is -1.22. The molecule has 0 saturated heterocycles. The summed E-state index contributed by atoms with van der Waals surface area (Å²) in [6.07, 6.45) is 1.50. The molecule has 1 saturated carbocycles. The number of anilines is 1. The fourth-order valence-corrected chi connectivity index (χ4v) is 2.62. The van der Waals surface area contributed by atoms with Gasteiger partial charge in [0, 0.05) is 12.1 Å². The first kappa shape index (κ1) is 13.0. The minimum absolute atomic E-state index is 0.0968. The van der Waals surface area contributed by atoms with E-state index in [9.17, 15) is 13.2 Å². The van der Waals surface area contributed by atoms with E-state index in [1.165, 1.54) is 18.2 Å². The second-order valence-electron chi connectivity index (χ2n) is 5.16. The van der Waals surface area contributed by atoms with Gasteiger partial charge in [0.25, 0.3) is 0 Å². The van der Waals surface area contributed by atoms with E-state index < -0.39 is 11.6 Å². The summed E-state index contributed by atoms with van der Waals surface area (Å²) < 4.78 is 39.9. The lowest BCUT2D eigenvalue weighted by atomic mass is 9.75. The Kier molecular flexibility index (Phi) is 3.38. The van der Waals surface area contributed by atoms with Crippen LogP contribution < -0.4 is 5.32 Å².